The predicted molar refractivity (Wildman–Crippen MR) is 118 cm³/mol. The van der Waals surface area contributed by atoms with Crippen LogP contribution in [0.2, 0.25) is 0 Å². The van der Waals surface area contributed by atoms with Crippen LogP contribution in [0, 0.1) is 11.2 Å². The number of aromatic amines is 1. The fourth-order valence-electron chi connectivity index (χ4n) is 3.01. The van der Waals surface area contributed by atoms with E-state index in [9.17, 15) is 9.18 Å². The number of nitrogens with one attached hydrogen (secondary N) is 3. The lowest BCUT2D eigenvalue weighted by Gasteiger charge is -2.15. The van der Waals surface area contributed by atoms with Crippen molar-refractivity contribution in [3.05, 3.63) is 60.8 Å². The average molecular weight is 451 g/mol. The molecule has 3 aromatic heterocycles. The van der Waals surface area contributed by atoms with Gasteiger partial charge in [0.25, 0.3) is 0 Å². The number of carbonyl (C=O) groups is 1. The SMILES string of the molecule is CC(C)(C)Cc1cc(NC(=O)Nc2cc(Oc3cc(-c4cnco4)ncn3)ccc2F)n[nH]1. The van der Waals surface area contributed by atoms with Gasteiger partial charge in [-0.15, -0.1) is 0 Å². The second-order valence-corrected chi connectivity index (χ2v) is 8.45. The smallest absolute Gasteiger partial charge is 0.324 e. The van der Waals surface area contributed by atoms with Crippen LogP contribution < -0.4 is 15.4 Å². The van der Waals surface area contributed by atoms with E-state index in [0.717, 1.165) is 12.1 Å². The Balaban J connectivity index is 1.42. The number of anilines is 2. The maximum atomic E-state index is 14.3. The lowest BCUT2D eigenvalue weighted by molar-refractivity contribution is 0.262. The number of urea groups is 1. The molecule has 4 aromatic rings. The number of oxazole rings is 1. The van der Waals surface area contributed by atoms with Gasteiger partial charge in [0.15, 0.2) is 18.0 Å². The van der Waals surface area contributed by atoms with Crippen molar-refractivity contribution in [2.45, 2.75) is 27.2 Å². The molecule has 0 bridgehead atoms. The zero-order chi connectivity index (χ0) is 23.4. The molecule has 11 heteroatoms. The van der Waals surface area contributed by atoms with E-state index in [1.807, 2.05) is 0 Å². The Kier molecular flexibility index (Phi) is 6.03. The number of nitrogens with zero attached hydrogens (tertiary/aromatic N) is 4. The lowest BCUT2D eigenvalue weighted by Crippen LogP contribution is -2.20. The normalized spacial score (nSPS) is 11.3. The molecule has 0 atom stereocenters. The molecule has 2 amide bonds. The summed E-state index contributed by atoms with van der Waals surface area (Å²) in [5, 5.41) is 12.0. The minimum Gasteiger partial charge on any atom is -0.442 e. The maximum Gasteiger partial charge on any atom is 0.324 e. The number of aromatic nitrogens is 5. The van der Waals surface area contributed by atoms with Gasteiger partial charge in [0.1, 0.15) is 23.6 Å². The van der Waals surface area contributed by atoms with E-state index in [1.165, 1.54) is 37.1 Å². The zero-order valence-corrected chi connectivity index (χ0v) is 18.2. The van der Waals surface area contributed by atoms with Crippen molar-refractivity contribution in [3.8, 4) is 23.1 Å². The van der Waals surface area contributed by atoms with Gasteiger partial charge in [-0.05, 0) is 24.0 Å². The summed E-state index contributed by atoms with van der Waals surface area (Å²) in [6.45, 7) is 6.30. The quantitative estimate of drug-likeness (QED) is 0.375. The van der Waals surface area contributed by atoms with Gasteiger partial charge >= 0.3 is 6.03 Å². The molecule has 3 N–H and O–H groups in total. The largest absolute Gasteiger partial charge is 0.442 e. The molecular formula is C22H22FN7O3. The third-order valence-corrected chi connectivity index (χ3v) is 4.33. The minimum absolute atomic E-state index is 0.0644. The van der Waals surface area contributed by atoms with Crippen molar-refractivity contribution in [1.82, 2.24) is 25.1 Å². The highest BCUT2D eigenvalue weighted by molar-refractivity contribution is 5.99. The van der Waals surface area contributed by atoms with E-state index in [-0.39, 0.29) is 22.7 Å². The molecule has 0 unspecified atom stereocenters. The van der Waals surface area contributed by atoms with E-state index >= 15 is 0 Å². The van der Waals surface area contributed by atoms with Crippen molar-refractivity contribution < 1.29 is 18.3 Å². The molecule has 0 aliphatic carbocycles. The van der Waals surface area contributed by atoms with Gasteiger partial charge in [-0.3, -0.25) is 10.4 Å². The first-order valence-corrected chi connectivity index (χ1v) is 10.1. The molecule has 0 fully saturated rings. The summed E-state index contributed by atoms with van der Waals surface area (Å²) in [7, 11) is 0. The van der Waals surface area contributed by atoms with E-state index in [0.29, 0.717) is 17.3 Å². The molecule has 3 heterocycles. The fourth-order valence-corrected chi connectivity index (χ4v) is 3.01. The standard InChI is InChI=1S/C22H22FN7O3/c1-22(2,3)9-13-6-19(30-29-13)28-21(31)27-16-7-14(4-5-15(16)23)33-20-8-17(25-11-26-20)18-10-24-12-32-18/h4-8,10-12H,9H2,1-3H3,(H3,27,28,29,30,31). The monoisotopic (exact) mass is 451 g/mol. The van der Waals surface area contributed by atoms with Crippen LogP contribution in [0.5, 0.6) is 11.6 Å². The number of ether oxygens (including phenoxy) is 1. The first-order valence-electron chi connectivity index (χ1n) is 10.1. The number of amides is 2. The summed E-state index contributed by atoms with van der Waals surface area (Å²) in [5.74, 6) is 0.630. The summed E-state index contributed by atoms with van der Waals surface area (Å²) < 4.78 is 25.2. The molecule has 0 spiro atoms. The van der Waals surface area contributed by atoms with Crippen LogP contribution >= 0.6 is 0 Å². The van der Waals surface area contributed by atoms with Crippen molar-refractivity contribution in [3.63, 3.8) is 0 Å². The predicted octanol–water partition coefficient (Wildman–Crippen LogP) is 5.02. The third kappa shape index (κ3) is 5.91. The van der Waals surface area contributed by atoms with Gasteiger partial charge in [-0.2, -0.15) is 5.10 Å². The van der Waals surface area contributed by atoms with Crippen LogP contribution in [0.3, 0.4) is 0 Å². The molecule has 0 aliphatic heterocycles. The van der Waals surface area contributed by atoms with Crippen LogP contribution in [-0.4, -0.2) is 31.2 Å². The number of carbonyl (C=O) groups excluding carboxylic acids is 1. The number of H-pyrrole nitrogens is 1. The van der Waals surface area contributed by atoms with Crippen LogP contribution in [-0.2, 0) is 6.42 Å². The van der Waals surface area contributed by atoms with Crippen molar-refractivity contribution in [2.24, 2.45) is 5.41 Å². The summed E-state index contributed by atoms with van der Waals surface area (Å²) in [6.07, 6.45) is 4.87. The number of hydrogen-bond donors (Lipinski definition) is 3. The molecule has 1 aromatic carbocycles. The van der Waals surface area contributed by atoms with Crippen LogP contribution in [0.1, 0.15) is 26.5 Å². The summed E-state index contributed by atoms with van der Waals surface area (Å²) in [6, 6.07) is 6.59. The Morgan fingerprint density at radius 2 is 2.03 bits per heavy atom. The van der Waals surface area contributed by atoms with Gasteiger partial charge in [-0.1, -0.05) is 20.8 Å². The summed E-state index contributed by atoms with van der Waals surface area (Å²) in [5.41, 5.74) is 1.35. The molecule has 4 rings (SSSR count). The van der Waals surface area contributed by atoms with Gasteiger partial charge in [-0.25, -0.2) is 24.1 Å². The third-order valence-electron chi connectivity index (χ3n) is 4.33. The average Bonchev–Trinajstić information content (AvgIpc) is 3.42. The molecule has 170 valence electrons. The molecule has 10 nitrogen and oxygen atoms in total. The van der Waals surface area contributed by atoms with Gasteiger partial charge in [0.2, 0.25) is 5.88 Å². The van der Waals surface area contributed by atoms with Crippen LogP contribution in [0.25, 0.3) is 11.5 Å². The fraction of sp³-hybridized carbons (Fsp3) is 0.227. The second kappa shape index (κ2) is 9.07. The Bertz CT molecular complexity index is 1250. The van der Waals surface area contributed by atoms with E-state index in [2.05, 4.69) is 56.6 Å². The maximum absolute atomic E-state index is 14.3. The highest BCUT2D eigenvalue weighted by Crippen LogP contribution is 2.27. The van der Waals surface area contributed by atoms with Crippen molar-refractivity contribution in [2.75, 3.05) is 10.6 Å². The lowest BCUT2D eigenvalue weighted by atomic mass is 9.91. The summed E-state index contributed by atoms with van der Waals surface area (Å²) >= 11 is 0. The molecular weight excluding hydrogens is 429 g/mol. The van der Waals surface area contributed by atoms with E-state index in [1.54, 1.807) is 12.1 Å². The van der Waals surface area contributed by atoms with Gasteiger partial charge in [0, 0.05) is 23.9 Å². The Labute approximate surface area is 188 Å². The number of halogens is 1. The second-order valence-electron chi connectivity index (χ2n) is 8.45. The van der Waals surface area contributed by atoms with Crippen molar-refractivity contribution in [1.29, 1.82) is 0 Å². The molecule has 0 aliphatic rings. The minimum atomic E-state index is -0.644. The molecule has 0 radical (unpaired) electrons. The highest BCUT2D eigenvalue weighted by Gasteiger charge is 2.15. The molecule has 0 saturated carbocycles. The zero-order valence-electron chi connectivity index (χ0n) is 18.2. The van der Waals surface area contributed by atoms with Gasteiger partial charge < -0.3 is 14.5 Å². The van der Waals surface area contributed by atoms with Crippen LogP contribution in [0.15, 0.2) is 53.7 Å². The molecule has 0 saturated heterocycles. The Morgan fingerprint density at radius 3 is 2.79 bits per heavy atom. The van der Waals surface area contributed by atoms with Crippen LogP contribution in [0.4, 0.5) is 20.7 Å². The first-order chi connectivity index (χ1) is 15.7. The van der Waals surface area contributed by atoms with Crippen molar-refractivity contribution >= 4 is 17.5 Å². The first kappa shape index (κ1) is 21.9. The molecule has 33 heavy (non-hydrogen) atoms. The van der Waals surface area contributed by atoms with Gasteiger partial charge in [0.05, 0.1) is 11.9 Å². The topological polar surface area (TPSA) is 131 Å². The Morgan fingerprint density at radius 1 is 1.18 bits per heavy atom. The van der Waals surface area contributed by atoms with E-state index in [4.69, 9.17) is 9.15 Å². The number of rotatable bonds is 6. The number of hydrogen-bond acceptors (Lipinski definition) is 7. The highest BCUT2D eigenvalue weighted by atomic mass is 19.1. The number of benzene rings is 1. The summed E-state index contributed by atoms with van der Waals surface area (Å²) in [4.78, 5) is 24.3. The van der Waals surface area contributed by atoms with E-state index < -0.39 is 11.8 Å². The Hall–Kier alpha value is -4.28.